The van der Waals surface area contributed by atoms with Crippen molar-refractivity contribution in [2.45, 2.75) is 19.6 Å². The summed E-state index contributed by atoms with van der Waals surface area (Å²) >= 11 is 0. The number of piperazine rings is 2. The van der Waals surface area contributed by atoms with E-state index < -0.39 is 0 Å². The number of anilines is 2. The number of benzene rings is 3. The van der Waals surface area contributed by atoms with E-state index in [4.69, 9.17) is 4.74 Å². The highest BCUT2D eigenvalue weighted by Gasteiger charge is 2.17. The fourth-order valence-electron chi connectivity index (χ4n) is 5.48. The van der Waals surface area contributed by atoms with Gasteiger partial charge in [0.1, 0.15) is 5.75 Å². The van der Waals surface area contributed by atoms with Crippen LogP contribution in [0.3, 0.4) is 0 Å². The van der Waals surface area contributed by atoms with Gasteiger partial charge in [-0.3, -0.25) is 4.90 Å². The van der Waals surface area contributed by atoms with Crippen LogP contribution in [0.4, 0.5) is 11.4 Å². The average molecular weight is 514 g/mol. The van der Waals surface area contributed by atoms with Crippen LogP contribution in [0.25, 0.3) is 0 Å². The van der Waals surface area contributed by atoms with Crippen molar-refractivity contribution < 1.29 is 4.74 Å². The van der Waals surface area contributed by atoms with Crippen molar-refractivity contribution in [3.05, 3.63) is 89.5 Å². The third-order valence-corrected chi connectivity index (χ3v) is 7.94. The number of nitrogens with zero attached hydrogens (tertiary/aromatic N) is 5. The maximum absolute atomic E-state index is 5.53. The van der Waals surface area contributed by atoms with Gasteiger partial charge in [0.2, 0.25) is 0 Å². The van der Waals surface area contributed by atoms with Crippen molar-refractivity contribution in [1.29, 1.82) is 0 Å². The molecule has 0 spiro atoms. The van der Waals surface area contributed by atoms with Gasteiger partial charge < -0.3 is 24.3 Å². The summed E-state index contributed by atoms with van der Waals surface area (Å²) in [6.45, 7) is 11.7. The maximum atomic E-state index is 5.53. The first-order valence-electron chi connectivity index (χ1n) is 14.0. The third-order valence-electron chi connectivity index (χ3n) is 7.94. The molecule has 38 heavy (non-hydrogen) atoms. The van der Waals surface area contributed by atoms with Gasteiger partial charge in [-0.1, -0.05) is 36.4 Å². The summed E-state index contributed by atoms with van der Waals surface area (Å²) in [5.74, 6) is 0.906. The van der Waals surface area contributed by atoms with E-state index in [1.165, 1.54) is 28.1 Å². The number of rotatable bonds is 9. The standard InChI is InChI=1S/C32H43N5O/c1-33-13-17-35(18-14-33)24-27-7-4-11-31(21-27)37(26-29-9-6-12-32(23-29)38-3)25-28-8-5-10-30(22-28)36-19-15-34(2)16-20-36/h4-12,21-23H,13-20,24-26H2,1-3H3. The van der Waals surface area contributed by atoms with Crippen LogP contribution in [0.5, 0.6) is 5.75 Å². The monoisotopic (exact) mass is 513 g/mol. The van der Waals surface area contributed by atoms with Crippen molar-refractivity contribution in [3.8, 4) is 5.75 Å². The van der Waals surface area contributed by atoms with Crippen LogP contribution >= 0.6 is 0 Å². The molecule has 0 unspecified atom stereocenters. The van der Waals surface area contributed by atoms with Gasteiger partial charge in [-0.25, -0.2) is 0 Å². The summed E-state index contributed by atoms with van der Waals surface area (Å²) in [5, 5.41) is 0. The van der Waals surface area contributed by atoms with Crippen molar-refractivity contribution in [2.24, 2.45) is 0 Å². The van der Waals surface area contributed by atoms with Crippen LogP contribution in [0.15, 0.2) is 72.8 Å². The van der Waals surface area contributed by atoms with E-state index in [0.29, 0.717) is 0 Å². The zero-order valence-electron chi connectivity index (χ0n) is 23.4. The van der Waals surface area contributed by atoms with Gasteiger partial charge in [0.15, 0.2) is 0 Å². The minimum Gasteiger partial charge on any atom is -0.497 e. The van der Waals surface area contributed by atoms with Crippen LogP contribution in [-0.4, -0.2) is 88.3 Å². The van der Waals surface area contributed by atoms with Crippen molar-refractivity contribution in [3.63, 3.8) is 0 Å². The van der Waals surface area contributed by atoms with E-state index >= 15 is 0 Å². The molecule has 0 bridgehead atoms. The van der Waals surface area contributed by atoms with Gasteiger partial charge in [0, 0.05) is 83.4 Å². The van der Waals surface area contributed by atoms with Crippen molar-refractivity contribution >= 4 is 11.4 Å². The number of methoxy groups -OCH3 is 1. The highest BCUT2D eigenvalue weighted by atomic mass is 16.5. The van der Waals surface area contributed by atoms with Crippen LogP contribution in [0.1, 0.15) is 16.7 Å². The van der Waals surface area contributed by atoms with Gasteiger partial charge in [-0.2, -0.15) is 0 Å². The molecule has 0 aromatic heterocycles. The Morgan fingerprint density at radius 3 is 1.97 bits per heavy atom. The van der Waals surface area contributed by atoms with Crippen LogP contribution in [0.2, 0.25) is 0 Å². The number of likely N-dealkylation sites (N-methyl/N-ethyl adjacent to an activating group) is 2. The molecule has 3 aromatic carbocycles. The molecule has 0 amide bonds. The Balaban J connectivity index is 1.37. The lowest BCUT2D eigenvalue weighted by molar-refractivity contribution is 0.148. The van der Waals surface area contributed by atoms with E-state index in [0.717, 1.165) is 77.7 Å². The lowest BCUT2D eigenvalue weighted by atomic mass is 10.1. The highest BCUT2D eigenvalue weighted by molar-refractivity contribution is 5.53. The third kappa shape index (κ3) is 7.07. The summed E-state index contributed by atoms with van der Waals surface area (Å²) in [7, 11) is 6.16. The van der Waals surface area contributed by atoms with E-state index in [1.807, 2.05) is 6.07 Å². The Bertz CT molecular complexity index is 1170. The first-order chi connectivity index (χ1) is 18.6. The smallest absolute Gasteiger partial charge is 0.119 e. The van der Waals surface area contributed by atoms with Crippen LogP contribution in [0, 0.1) is 0 Å². The average Bonchev–Trinajstić information content (AvgIpc) is 2.95. The van der Waals surface area contributed by atoms with Gasteiger partial charge >= 0.3 is 0 Å². The molecule has 0 radical (unpaired) electrons. The zero-order valence-corrected chi connectivity index (χ0v) is 23.4. The zero-order chi connectivity index (χ0) is 26.3. The Kier molecular flexibility index (Phi) is 8.84. The number of ether oxygens (including phenoxy) is 1. The molecule has 3 aromatic rings. The molecule has 0 N–H and O–H groups in total. The molecule has 6 nitrogen and oxygen atoms in total. The first kappa shape index (κ1) is 26.5. The molecule has 202 valence electrons. The van der Waals surface area contributed by atoms with Gasteiger partial charge in [-0.15, -0.1) is 0 Å². The summed E-state index contributed by atoms with van der Waals surface area (Å²) in [6.07, 6.45) is 0. The lowest BCUT2D eigenvalue weighted by Crippen LogP contribution is -2.44. The minimum absolute atomic E-state index is 0.827. The Morgan fingerprint density at radius 2 is 1.26 bits per heavy atom. The van der Waals surface area contributed by atoms with Gasteiger partial charge in [0.05, 0.1) is 7.11 Å². The molecule has 2 fully saturated rings. The molecular weight excluding hydrogens is 470 g/mol. The predicted octanol–water partition coefficient (Wildman–Crippen LogP) is 4.40. The predicted molar refractivity (Wildman–Crippen MR) is 158 cm³/mol. The van der Waals surface area contributed by atoms with Gasteiger partial charge in [0.25, 0.3) is 0 Å². The molecule has 6 heteroatoms. The fourth-order valence-corrected chi connectivity index (χ4v) is 5.48. The van der Waals surface area contributed by atoms with E-state index in [-0.39, 0.29) is 0 Å². The molecule has 2 saturated heterocycles. The topological polar surface area (TPSA) is 25.4 Å². The van der Waals surface area contributed by atoms with E-state index in [1.54, 1.807) is 7.11 Å². The molecule has 0 aliphatic carbocycles. The second kappa shape index (κ2) is 12.7. The summed E-state index contributed by atoms with van der Waals surface area (Å²) < 4.78 is 5.53. The lowest BCUT2D eigenvalue weighted by Gasteiger charge is -2.34. The molecule has 2 aliphatic heterocycles. The van der Waals surface area contributed by atoms with E-state index in [2.05, 4.69) is 105 Å². The van der Waals surface area contributed by atoms with Crippen molar-refractivity contribution in [1.82, 2.24) is 14.7 Å². The second-order valence-electron chi connectivity index (χ2n) is 10.9. The van der Waals surface area contributed by atoms with Crippen LogP contribution in [-0.2, 0) is 19.6 Å². The summed E-state index contributed by atoms with van der Waals surface area (Å²) in [4.78, 5) is 12.4. The van der Waals surface area contributed by atoms with Crippen LogP contribution < -0.4 is 14.5 Å². The molecule has 0 atom stereocenters. The number of hydrogen-bond donors (Lipinski definition) is 0. The highest BCUT2D eigenvalue weighted by Crippen LogP contribution is 2.26. The Morgan fingerprint density at radius 1 is 0.658 bits per heavy atom. The maximum Gasteiger partial charge on any atom is 0.119 e. The van der Waals surface area contributed by atoms with E-state index in [9.17, 15) is 0 Å². The Labute approximate surface area is 229 Å². The normalized spacial score (nSPS) is 17.5. The second-order valence-corrected chi connectivity index (χ2v) is 10.9. The first-order valence-corrected chi connectivity index (χ1v) is 14.0. The largest absolute Gasteiger partial charge is 0.497 e. The molecule has 2 heterocycles. The SMILES string of the molecule is COc1cccc(CN(Cc2cccc(N3CCN(C)CC3)c2)c2cccc(CN3CCN(C)CC3)c2)c1. The molecule has 5 rings (SSSR count). The van der Waals surface area contributed by atoms with Gasteiger partial charge in [-0.05, 0) is 67.2 Å². The molecular formula is C32H43N5O. The molecule has 0 saturated carbocycles. The fraction of sp³-hybridized carbons (Fsp3) is 0.438. The Hall–Kier alpha value is -3.06. The quantitative estimate of drug-likeness (QED) is 0.421. The summed E-state index contributed by atoms with van der Waals surface area (Å²) in [6, 6.07) is 26.7. The summed E-state index contributed by atoms with van der Waals surface area (Å²) in [5.41, 5.74) is 6.58. The number of hydrogen-bond acceptors (Lipinski definition) is 6. The van der Waals surface area contributed by atoms with Crippen molar-refractivity contribution in [2.75, 3.05) is 83.4 Å². The molecule has 2 aliphatic rings. The minimum atomic E-state index is 0.827.